The summed E-state index contributed by atoms with van der Waals surface area (Å²) < 4.78 is 0. The number of nitrogens with zero attached hydrogens (tertiary/aromatic N) is 1. The summed E-state index contributed by atoms with van der Waals surface area (Å²) in [6, 6.07) is 11.8. The molecule has 3 rings (SSSR count). The van der Waals surface area contributed by atoms with Crippen molar-refractivity contribution in [3.8, 4) is 0 Å². The lowest BCUT2D eigenvalue weighted by atomic mass is 9.95. The van der Waals surface area contributed by atoms with Gasteiger partial charge in [0.2, 0.25) is 5.91 Å². The van der Waals surface area contributed by atoms with Gasteiger partial charge in [0.1, 0.15) is 0 Å². The highest BCUT2D eigenvalue weighted by atomic mass is 32.1. The Morgan fingerprint density at radius 2 is 1.87 bits per heavy atom. The highest BCUT2D eigenvalue weighted by Gasteiger charge is 2.27. The van der Waals surface area contributed by atoms with Gasteiger partial charge in [-0.1, -0.05) is 30.3 Å². The van der Waals surface area contributed by atoms with Crippen LogP contribution in [0.4, 0.5) is 0 Å². The number of hydrogen-bond donors (Lipinski definition) is 1. The van der Waals surface area contributed by atoms with Crippen molar-refractivity contribution in [1.29, 1.82) is 0 Å². The first-order chi connectivity index (χ1) is 11.2. The van der Waals surface area contributed by atoms with Crippen molar-refractivity contribution in [3.63, 3.8) is 0 Å². The number of carbonyl (C=O) groups excluding carboxylic acids is 2. The Hall–Kier alpha value is -2.14. The summed E-state index contributed by atoms with van der Waals surface area (Å²) in [5.41, 5.74) is 1.85. The number of amides is 2. The Labute approximate surface area is 140 Å². The number of rotatable bonds is 4. The quantitative estimate of drug-likeness (QED) is 0.938. The Morgan fingerprint density at radius 3 is 2.52 bits per heavy atom. The van der Waals surface area contributed by atoms with E-state index >= 15 is 0 Å². The third-order valence-corrected chi connectivity index (χ3v) is 4.91. The van der Waals surface area contributed by atoms with Crippen LogP contribution < -0.4 is 5.32 Å². The number of likely N-dealkylation sites (tertiary alicyclic amines) is 1. The molecule has 5 heteroatoms. The predicted molar refractivity (Wildman–Crippen MR) is 91.2 cm³/mol. The Morgan fingerprint density at radius 1 is 1.13 bits per heavy atom. The predicted octanol–water partition coefficient (Wildman–Crippen LogP) is 2.92. The number of carbonyl (C=O) groups is 2. The molecule has 2 aromatic rings. The summed E-state index contributed by atoms with van der Waals surface area (Å²) in [4.78, 5) is 26.4. The van der Waals surface area contributed by atoms with Gasteiger partial charge < -0.3 is 10.2 Å². The van der Waals surface area contributed by atoms with Gasteiger partial charge in [0, 0.05) is 30.9 Å². The van der Waals surface area contributed by atoms with E-state index in [1.54, 1.807) is 0 Å². The SMILES string of the molecule is O=C(NCc1ccccc1)C1CCN(C(=O)c2ccsc2)CC1. The van der Waals surface area contributed by atoms with Gasteiger partial charge in [-0.05, 0) is 29.9 Å². The molecule has 1 aliphatic heterocycles. The summed E-state index contributed by atoms with van der Waals surface area (Å²) in [6.07, 6.45) is 1.47. The lowest BCUT2D eigenvalue weighted by molar-refractivity contribution is -0.126. The van der Waals surface area contributed by atoms with Gasteiger partial charge in [0.15, 0.2) is 0 Å². The topological polar surface area (TPSA) is 49.4 Å². The van der Waals surface area contributed by atoms with E-state index in [4.69, 9.17) is 0 Å². The molecular formula is C18H20N2O2S. The monoisotopic (exact) mass is 328 g/mol. The number of hydrogen-bond acceptors (Lipinski definition) is 3. The van der Waals surface area contributed by atoms with Crippen LogP contribution in [-0.4, -0.2) is 29.8 Å². The molecule has 1 aliphatic rings. The normalized spacial score (nSPS) is 15.4. The molecule has 1 aromatic carbocycles. The maximum absolute atomic E-state index is 12.3. The first kappa shape index (κ1) is 15.7. The minimum absolute atomic E-state index is 0.00485. The molecule has 0 radical (unpaired) electrons. The van der Waals surface area contributed by atoms with Gasteiger partial charge in [-0.25, -0.2) is 0 Å². The number of piperidine rings is 1. The largest absolute Gasteiger partial charge is 0.352 e. The van der Waals surface area contributed by atoms with Crippen LogP contribution in [0, 0.1) is 5.92 Å². The lowest BCUT2D eigenvalue weighted by Crippen LogP contribution is -2.42. The fourth-order valence-corrected chi connectivity index (χ4v) is 3.47. The molecule has 4 nitrogen and oxygen atoms in total. The van der Waals surface area contributed by atoms with E-state index in [0.29, 0.717) is 19.6 Å². The van der Waals surface area contributed by atoms with Gasteiger partial charge in [-0.3, -0.25) is 9.59 Å². The zero-order chi connectivity index (χ0) is 16.1. The maximum Gasteiger partial charge on any atom is 0.254 e. The van der Waals surface area contributed by atoms with Crippen molar-refractivity contribution < 1.29 is 9.59 Å². The fourth-order valence-electron chi connectivity index (χ4n) is 2.84. The van der Waals surface area contributed by atoms with Crippen LogP contribution in [-0.2, 0) is 11.3 Å². The molecule has 1 fully saturated rings. The average Bonchev–Trinajstić information content (AvgIpc) is 3.15. The van der Waals surface area contributed by atoms with Gasteiger partial charge >= 0.3 is 0 Å². The van der Waals surface area contributed by atoms with Crippen molar-refractivity contribution in [3.05, 3.63) is 58.3 Å². The van der Waals surface area contributed by atoms with Crippen molar-refractivity contribution in [2.75, 3.05) is 13.1 Å². The molecule has 0 saturated carbocycles. The number of nitrogens with one attached hydrogen (secondary N) is 1. The molecule has 0 aliphatic carbocycles. The summed E-state index contributed by atoms with van der Waals surface area (Å²) in [5, 5.41) is 6.79. The third kappa shape index (κ3) is 3.99. The van der Waals surface area contributed by atoms with Crippen LogP contribution in [0.25, 0.3) is 0 Å². The molecule has 0 unspecified atom stereocenters. The van der Waals surface area contributed by atoms with Crippen LogP contribution in [0.15, 0.2) is 47.2 Å². The molecule has 2 amide bonds. The Bertz CT molecular complexity index is 647. The van der Waals surface area contributed by atoms with E-state index in [1.807, 2.05) is 52.1 Å². The molecule has 1 aromatic heterocycles. The van der Waals surface area contributed by atoms with Crippen LogP contribution in [0.5, 0.6) is 0 Å². The minimum Gasteiger partial charge on any atom is -0.352 e. The molecule has 2 heterocycles. The van der Waals surface area contributed by atoms with Crippen LogP contribution in [0.2, 0.25) is 0 Å². The van der Waals surface area contributed by atoms with E-state index in [9.17, 15) is 9.59 Å². The van der Waals surface area contributed by atoms with Crippen molar-refractivity contribution in [2.24, 2.45) is 5.92 Å². The molecule has 120 valence electrons. The Balaban J connectivity index is 1.47. The van der Waals surface area contributed by atoms with E-state index in [-0.39, 0.29) is 17.7 Å². The number of thiophene rings is 1. The van der Waals surface area contributed by atoms with Crippen LogP contribution in [0.1, 0.15) is 28.8 Å². The first-order valence-electron chi connectivity index (χ1n) is 7.87. The van der Waals surface area contributed by atoms with Crippen molar-refractivity contribution >= 4 is 23.2 Å². The summed E-state index contributed by atoms with van der Waals surface area (Å²) in [5.74, 6) is 0.177. The maximum atomic E-state index is 12.3. The van der Waals surface area contributed by atoms with Crippen molar-refractivity contribution in [1.82, 2.24) is 10.2 Å². The van der Waals surface area contributed by atoms with Crippen LogP contribution >= 0.6 is 11.3 Å². The zero-order valence-corrected chi connectivity index (χ0v) is 13.7. The van der Waals surface area contributed by atoms with Gasteiger partial charge in [0.05, 0.1) is 5.56 Å². The highest BCUT2D eigenvalue weighted by Crippen LogP contribution is 2.20. The van der Waals surface area contributed by atoms with Gasteiger partial charge in [-0.15, -0.1) is 0 Å². The van der Waals surface area contributed by atoms with E-state index < -0.39 is 0 Å². The second-order valence-corrected chi connectivity index (χ2v) is 6.56. The van der Waals surface area contributed by atoms with Crippen LogP contribution in [0.3, 0.4) is 0 Å². The molecule has 1 saturated heterocycles. The highest BCUT2D eigenvalue weighted by molar-refractivity contribution is 7.08. The van der Waals surface area contributed by atoms with E-state index in [0.717, 1.165) is 24.0 Å². The molecule has 1 N–H and O–H groups in total. The second-order valence-electron chi connectivity index (χ2n) is 5.78. The smallest absolute Gasteiger partial charge is 0.254 e. The summed E-state index contributed by atoms with van der Waals surface area (Å²) in [7, 11) is 0. The third-order valence-electron chi connectivity index (χ3n) is 4.23. The van der Waals surface area contributed by atoms with Gasteiger partial charge in [0.25, 0.3) is 5.91 Å². The molecular weight excluding hydrogens is 308 g/mol. The molecule has 0 bridgehead atoms. The molecule has 0 spiro atoms. The standard InChI is InChI=1S/C18H20N2O2S/c21-17(19-12-14-4-2-1-3-5-14)15-6-9-20(10-7-15)18(22)16-8-11-23-13-16/h1-5,8,11,13,15H,6-7,9-10,12H2,(H,19,21). The Kier molecular flexibility index (Phi) is 5.08. The summed E-state index contributed by atoms with van der Waals surface area (Å²) >= 11 is 1.53. The zero-order valence-electron chi connectivity index (χ0n) is 12.9. The van der Waals surface area contributed by atoms with Gasteiger partial charge in [-0.2, -0.15) is 11.3 Å². The second kappa shape index (κ2) is 7.42. The summed E-state index contributed by atoms with van der Waals surface area (Å²) in [6.45, 7) is 1.87. The van der Waals surface area contributed by atoms with E-state index in [1.165, 1.54) is 11.3 Å². The minimum atomic E-state index is 0.00485. The van der Waals surface area contributed by atoms with Crippen molar-refractivity contribution in [2.45, 2.75) is 19.4 Å². The molecule has 23 heavy (non-hydrogen) atoms. The average molecular weight is 328 g/mol. The first-order valence-corrected chi connectivity index (χ1v) is 8.81. The number of benzene rings is 1. The molecule has 0 atom stereocenters. The fraction of sp³-hybridized carbons (Fsp3) is 0.333. The van der Waals surface area contributed by atoms with E-state index in [2.05, 4.69) is 5.32 Å². The lowest BCUT2D eigenvalue weighted by Gasteiger charge is -2.31.